The van der Waals surface area contributed by atoms with Crippen molar-refractivity contribution in [1.29, 1.82) is 0 Å². The molecule has 4 aliphatic carbocycles. The van der Waals surface area contributed by atoms with Crippen LogP contribution in [0.1, 0.15) is 59.3 Å². The van der Waals surface area contributed by atoms with E-state index in [9.17, 15) is 0 Å². The average Bonchev–Trinajstić information content (AvgIpc) is 1.90. The number of carboxylic acids is 1. The van der Waals surface area contributed by atoms with Gasteiger partial charge in [-0.25, -0.2) is 0 Å². The van der Waals surface area contributed by atoms with E-state index in [0.717, 1.165) is 12.8 Å². The number of hydrogen-bond donors (Lipinski definition) is 2. The zero-order valence-corrected chi connectivity index (χ0v) is 17.4. The summed E-state index contributed by atoms with van der Waals surface area (Å²) in [6.07, 6.45) is 7.82. The average molecular weight is 537 g/mol. The minimum atomic E-state index is -1.08. The van der Waals surface area contributed by atoms with E-state index in [4.69, 9.17) is 15.6 Å². The second kappa shape index (κ2) is 9.80. The summed E-state index contributed by atoms with van der Waals surface area (Å²) in [4.78, 5) is 8.89. The second-order valence-electron chi connectivity index (χ2n) is 7.40. The van der Waals surface area contributed by atoms with Crippen molar-refractivity contribution in [2.45, 2.75) is 64.8 Å². The van der Waals surface area contributed by atoms with E-state index >= 15 is 0 Å². The predicted octanol–water partition coefficient (Wildman–Crippen LogP) is -3.13. The molecule has 0 radical (unpaired) electrons. The molecule has 0 aromatic heterocycles. The molecule has 0 amide bonds. The minimum absolute atomic E-state index is 0. The number of hydrogen-bond acceptors (Lipinski definition) is 4. The summed E-state index contributed by atoms with van der Waals surface area (Å²) in [7, 11) is 0. The van der Waals surface area contributed by atoms with Gasteiger partial charge in [0, 0.05) is 5.97 Å². The number of carbonyl (C=O) groups is 1. The summed E-state index contributed by atoms with van der Waals surface area (Å²) in [5, 5.41) is 8.89. The molecule has 22 heavy (non-hydrogen) atoms. The Kier molecular flexibility index (Phi) is 13.6. The molecule has 0 saturated heterocycles. The summed E-state index contributed by atoms with van der Waals surface area (Å²) in [6, 6.07) is 0. The van der Waals surface area contributed by atoms with Crippen molar-refractivity contribution in [2.75, 3.05) is 0 Å². The first-order chi connectivity index (χ1) is 7.64. The molecular weight excluding hydrogens is 508 g/mol. The number of aliphatic carboxylic acids is 1. The van der Waals surface area contributed by atoms with E-state index in [-0.39, 0.29) is 63.7 Å². The fourth-order valence-corrected chi connectivity index (χ4v) is 5.45. The Labute approximate surface area is 161 Å². The Hall–Kier alpha value is 0.618. The molecule has 0 aliphatic heterocycles. The normalized spacial score (nSPS) is 39.2. The standard InChI is InChI=1S/C12H20N.C2H4O2.2ClH.2H3N.Pt/c1-10-3-9-4-11(2,6-10)8-12(13,5-9)7-10;1-2(3)4;;;;;/h9,13H,3-8H2,1-2H3;1H3,(H,3,4);2*1H;2*1H3;/q-1;;;;;;+4/p-3. The maximum absolute atomic E-state index is 8.89. The van der Waals surface area contributed by atoms with Gasteiger partial charge in [0.1, 0.15) is 0 Å². The molecule has 5 nitrogen and oxygen atoms in total. The Morgan fingerprint density at radius 1 is 1.00 bits per heavy atom. The summed E-state index contributed by atoms with van der Waals surface area (Å²) in [5.74, 6) is -0.191. The van der Waals surface area contributed by atoms with Gasteiger partial charge in [-0.3, -0.25) is 0 Å². The van der Waals surface area contributed by atoms with Crippen LogP contribution in [0.25, 0.3) is 5.73 Å². The smallest absolute Gasteiger partial charge is 1.00 e. The fraction of sp³-hybridized carbons (Fsp3) is 0.929. The van der Waals surface area contributed by atoms with Crippen LogP contribution in [0.15, 0.2) is 0 Å². The van der Waals surface area contributed by atoms with Crippen LogP contribution in [0.3, 0.4) is 0 Å². The molecule has 4 saturated carbocycles. The van der Waals surface area contributed by atoms with Gasteiger partial charge < -0.3 is 52.7 Å². The van der Waals surface area contributed by atoms with E-state index < -0.39 is 5.97 Å². The van der Waals surface area contributed by atoms with Gasteiger partial charge in [-0.1, -0.05) is 33.1 Å². The third kappa shape index (κ3) is 7.02. The first kappa shape index (κ1) is 30.5. The molecule has 2 unspecified atom stereocenters. The first-order valence-electron chi connectivity index (χ1n) is 6.56. The van der Waals surface area contributed by atoms with Crippen LogP contribution in [-0.2, 0) is 25.9 Å². The topological polar surface area (TPSA) is 134 Å². The molecule has 4 rings (SSSR count). The van der Waals surface area contributed by atoms with Crippen LogP contribution in [-0.4, -0.2) is 11.5 Å². The molecular formula is C14H29Cl2N3O2Pt. The zero-order chi connectivity index (χ0) is 12.9. The SMILES string of the molecule is CC(=O)[O-].CC12CC3CC(C)(C1)CC([NH-])(C3)C2.N.N.[Cl-].[Cl-].[Pt+4]. The Morgan fingerprint density at radius 3 is 1.55 bits per heavy atom. The maximum atomic E-state index is 8.89. The van der Waals surface area contributed by atoms with Crippen LogP contribution in [0, 0.1) is 16.7 Å². The molecule has 0 heterocycles. The molecule has 7 N–H and O–H groups in total. The van der Waals surface area contributed by atoms with Gasteiger partial charge in [0.15, 0.2) is 0 Å². The van der Waals surface area contributed by atoms with Gasteiger partial charge in [-0.2, -0.15) is 0 Å². The van der Waals surface area contributed by atoms with Crippen LogP contribution < -0.4 is 42.2 Å². The van der Waals surface area contributed by atoms with E-state index in [1.54, 1.807) is 0 Å². The molecule has 4 bridgehead atoms. The Morgan fingerprint density at radius 2 is 1.32 bits per heavy atom. The van der Waals surface area contributed by atoms with Crippen molar-refractivity contribution < 1.29 is 55.8 Å². The largest absolute Gasteiger partial charge is 4.00 e. The van der Waals surface area contributed by atoms with Crippen molar-refractivity contribution in [3.63, 3.8) is 0 Å². The van der Waals surface area contributed by atoms with Crippen molar-refractivity contribution in [1.82, 2.24) is 12.3 Å². The van der Waals surface area contributed by atoms with Crippen LogP contribution in [0.4, 0.5) is 0 Å². The maximum Gasteiger partial charge on any atom is 4.00 e. The molecule has 4 fully saturated rings. The van der Waals surface area contributed by atoms with E-state index in [0.29, 0.717) is 10.8 Å². The van der Waals surface area contributed by atoms with Crippen LogP contribution >= 0.6 is 0 Å². The number of carbonyl (C=O) groups excluding carboxylic acids is 1. The van der Waals surface area contributed by atoms with Gasteiger partial charge >= 0.3 is 21.1 Å². The Balaban J connectivity index is -0.000000165. The monoisotopic (exact) mass is 536 g/mol. The summed E-state index contributed by atoms with van der Waals surface area (Å²) >= 11 is 0. The quantitative estimate of drug-likeness (QED) is 0.338. The second-order valence-corrected chi connectivity index (χ2v) is 7.40. The third-order valence-electron chi connectivity index (χ3n) is 4.63. The number of nitrogens with one attached hydrogen (secondary N) is 1. The van der Waals surface area contributed by atoms with Crippen LogP contribution in [0.2, 0.25) is 0 Å². The molecule has 4 aliphatic rings. The number of halogens is 2. The van der Waals surface area contributed by atoms with Gasteiger partial charge in [-0.15, -0.1) is 5.54 Å². The molecule has 0 aromatic rings. The number of rotatable bonds is 0. The van der Waals surface area contributed by atoms with Crippen molar-refractivity contribution in [2.24, 2.45) is 16.7 Å². The minimum Gasteiger partial charge on any atom is -1.00 e. The predicted molar refractivity (Wildman–Crippen MR) is 75.2 cm³/mol. The molecule has 2 atom stereocenters. The van der Waals surface area contributed by atoms with Gasteiger partial charge in [0.05, 0.1) is 0 Å². The van der Waals surface area contributed by atoms with Crippen LogP contribution in [0.5, 0.6) is 0 Å². The molecule has 8 heteroatoms. The first-order valence-corrected chi connectivity index (χ1v) is 6.56. The summed E-state index contributed by atoms with van der Waals surface area (Å²) in [6.45, 7) is 5.83. The third-order valence-corrected chi connectivity index (χ3v) is 4.63. The van der Waals surface area contributed by atoms with E-state index in [1.165, 1.54) is 38.5 Å². The zero-order valence-electron chi connectivity index (χ0n) is 13.6. The van der Waals surface area contributed by atoms with Gasteiger partial charge in [0.2, 0.25) is 0 Å². The van der Waals surface area contributed by atoms with Crippen molar-refractivity contribution >= 4 is 5.97 Å². The van der Waals surface area contributed by atoms with Gasteiger partial charge in [0.25, 0.3) is 0 Å². The van der Waals surface area contributed by atoms with E-state index in [1.807, 2.05) is 0 Å². The Bertz CT molecular complexity index is 306. The summed E-state index contributed by atoms with van der Waals surface area (Å²) in [5.41, 5.74) is 9.51. The summed E-state index contributed by atoms with van der Waals surface area (Å²) < 4.78 is 0. The van der Waals surface area contributed by atoms with Gasteiger partial charge in [-0.05, 0) is 42.9 Å². The molecule has 136 valence electrons. The fourth-order valence-electron chi connectivity index (χ4n) is 5.45. The number of carboxylic acid groups (broad SMARTS) is 1. The molecule has 0 spiro atoms. The van der Waals surface area contributed by atoms with Crippen molar-refractivity contribution in [3.05, 3.63) is 5.73 Å². The molecule has 0 aromatic carbocycles. The van der Waals surface area contributed by atoms with Crippen molar-refractivity contribution in [3.8, 4) is 0 Å². The van der Waals surface area contributed by atoms with E-state index in [2.05, 4.69) is 13.8 Å².